The van der Waals surface area contributed by atoms with Crippen LogP contribution in [-0.2, 0) is 9.53 Å². The fraction of sp³-hybridized carbons (Fsp3) is 0.158. The highest BCUT2D eigenvalue weighted by Gasteiger charge is 2.26. The fourth-order valence-electron chi connectivity index (χ4n) is 2.49. The van der Waals surface area contributed by atoms with Gasteiger partial charge in [0.25, 0.3) is 0 Å². The number of hydrogen-bond acceptors (Lipinski definition) is 5. The number of aliphatic imine (C=N–C) groups is 1. The second-order valence-corrected chi connectivity index (χ2v) is 5.38. The van der Waals surface area contributed by atoms with Gasteiger partial charge in [0, 0.05) is 5.56 Å². The summed E-state index contributed by atoms with van der Waals surface area (Å²) in [4.78, 5) is 16.2. The number of rotatable bonds is 4. The Morgan fingerprint density at radius 2 is 1.84 bits per heavy atom. The van der Waals surface area contributed by atoms with Gasteiger partial charge in [-0.1, -0.05) is 12.1 Å². The maximum Gasteiger partial charge on any atom is 0.363 e. The SMILES string of the molecule is COc1cc(/C=C2/N=C(c3ccccc3F)OC2=O)c(OC)cc1C. The summed E-state index contributed by atoms with van der Waals surface area (Å²) >= 11 is 0. The number of ether oxygens (including phenoxy) is 3. The monoisotopic (exact) mass is 341 g/mol. The summed E-state index contributed by atoms with van der Waals surface area (Å²) in [6.07, 6.45) is 1.52. The van der Waals surface area contributed by atoms with Crippen molar-refractivity contribution < 1.29 is 23.4 Å². The van der Waals surface area contributed by atoms with Crippen LogP contribution in [0, 0.1) is 12.7 Å². The Balaban J connectivity index is 2.04. The van der Waals surface area contributed by atoms with E-state index in [0.717, 1.165) is 5.56 Å². The van der Waals surface area contributed by atoms with Gasteiger partial charge in [-0.2, -0.15) is 0 Å². The molecule has 0 amide bonds. The normalized spacial score (nSPS) is 15.1. The zero-order chi connectivity index (χ0) is 18.0. The van der Waals surface area contributed by atoms with Crippen molar-refractivity contribution in [1.29, 1.82) is 0 Å². The summed E-state index contributed by atoms with van der Waals surface area (Å²) in [5.74, 6) is -0.0115. The van der Waals surface area contributed by atoms with E-state index >= 15 is 0 Å². The van der Waals surface area contributed by atoms with E-state index in [2.05, 4.69) is 4.99 Å². The molecule has 0 N–H and O–H groups in total. The summed E-state index contributed by atoms with van der Waals surface area (Å²) in [5, 5.41) is 0. The molecular weight excluding hydrogens is 325 g/mol. The molecular formula is C19H16FNO4. The first-order chi connectivity index (χ1) is 12.0. The molecule has 2 aromatic carbocycles. The maximum absolute atomic E-state index is 13.9. The van der Waals surface area contributed by atoms with Crippen molar-refractivity contribution in [2.45, 2.75) is 6.92 Å². The van der Waals surface area contributed by atoms with Crippen molar-refractivity contribution in [3.63, 3.8) is 0 Å². The molecule has 0 saturated heterocycles. The third-order valence-electron chi connectivity index (χ3n) is 3.76. The van der Waals surface area contributed by atoms with E-state index in [4.69, 9.17) is 14.2 Å². The summed E-state index contributed by atoms with van der Waals surface area (Å²) in [5.41, 5.74) is 1.69. The van der Waals surface area contributed by atoms with Crippen LogP contribution in [0.5, 0.6) is 11.5 Å². The van der Waals surface area contributed by atoms with Crippen LogP contribution in [0.4, 0.5) is 4.39 Å². The third-order valence-corrected chi connectivity index (χ3v) is 3.76. The second kappa shape index (κ2) is 6.76. The van der Waals surface area contributed by atoms with E-state index < -0.39 is 11.8 Å². The van der Waals surface area contributed by atoms with Crippen molar-refractivity contribution in [3.05, 3.63) is 64.6 Å². The highest BCUT2D eigenvalue weighted by atomic mass is 19.1. The molecule has 0 aromatic heterocycles. The van der Waals surface area contributed by atoms with Gasteiger partial charge in [-0.25, -0.2) is 14.2 Å². The quantitative estimate of drug-likeness (QED) is 0.631. The van der Waals surface area contributed by atoms with Gasteiger partial charge in [0.2, 0.25) is 5.90 Å². The molecule has 0 unspecified atom stereocenters. The highest BCUT2D eigenvalue weighted by Crippen LogP contribution is 2.31. The molecule has 0 bridgehead atoms. The van der Waals surface area contributed by atoms with Crippen LogP contribution in [0.15, 0.2) is 47.1 Å². The Morgan fingerprint density at radius 1 is 1.12 bits per heavy atom. The first-order valence-electron chi connectivity index (χ1n) is 7.53. The lowest BCUT2D eigenvalue weighted by atomic mass is 10.1. The van der Waals surface area contributed by atoms with Crippen LogP contribution >= 0.6 is 0 Å². The summed E-state index contributed by atoms with van der Waals surface area (Å²) in [6, 6.07) is 9.51. The number of carbonyl (C=O) groups excluding carboxylic acids is 1. The van der Waals surface area contributed by atoms with Gasteiger partial charge in [-0.15, -0.1) is 0 Å². The molecule has 25 heavy (non-hydrogen) atoms. The minimum Gasteiger partial charge on any atom is -0.496 e. The smallest absolute Gasteiger partial charge is 0.363 e. The topological polar surface area (TPSA) is 57.1 Å². The Kier molecular flexibility index (Phi) is 4.52. The minimum absolute atomic E-state index is 0.0578. The number of benzene rings is 2. The molecule has 0 spiro atoms. The third kappa shape index (κ3) is 3.24. The van der Waals surface area contributed by atoms with Crippen LogP contribution < -0.4 is 9.47 Å². The molecule has 1 aliphatic rings. The zero-order valence-corrected chi connectivity index (χ0v) is 14.0. The van der Waals surface area contributed by atoms with E-state index in [1.165, 1.54) is 25.3 Å². The van der Waals surface area contributed by atoms with Crippen LogP contribution in [0.25, 0.3) is 6.08 Å². The first kappa shape index (κ1) is 16.7. The molecule has 1 aliphatic heterocycles. The van der Waals surface area contributed by atoms with Crippen LogP contribution in [0.2, 0.25) is 0 Å². The minimum atomic E-state index is -0.653. The van der Waals surface area contributed by atoms with Crippen LogP contribution in [0.3, 0.4) is 0 Å². The Morgan fingerprint density at radius 3 is 2.52 bits per heavy atom. The van der Waals surface area contributed by atoms with E-state index in [1.54, 1.807) is 31.4 Å². The second-order valence-electron chi connectivity index (χ2n) is 5.38. The predicted octanol–water partition coefficient (Wildman–Crippen LogP) is 3.50. The summed E-state index contributed by atoms with van der Waals surface area (Å²) in [7, 11) is 3.09. The average Bonchev–Trinajstić information content (AvgIpc) is 2.96. The van der Waals surface area contributed by atoms with Gasteiger partial charge >= 0.3 is 5.97 Å². The van der Waals surface area contributed by atoms with E-state index in [0.29, 0.717) is 17.1 Å². The number of aryl methyl sites for hydroxylation is 1. The molecule has 0 aliphatic carbocycles. The molecule has 0 radical (unpaired) electrons. The van der Waals surface area contributed by atoms with Gasteiger partial charge in [0.15, 0.2) is 5.70 Å². The van der Waals surface area contributed by atoms with Gasteiger partial charge < -0.3 is 14.2 Å². The summed E-state index contributed by atoms with van der Waals surface area (Å²) in [6.45, 7) is 1.89. The van der Waals surface area contributed by atoms with Crippen LogP contribution in [0.1, 0.15) is 16.7 Å². The first-order valence-corrected chi connectivity index (χ1v) is 7.53. The fourth-order valence-corrected chi connectivity index (χ4v) is 2.49. The van der Waals surface area contributed by atoms with Crippen molar-refractivity contribution in [1.82, 2.24) is 0 Å². The molecule has 2 aromatic rings. The number of cyclic esters (lactones) is 1. The van der Waals surface area contributed by atoms with Crippen molar-refractivity contribution >= 4 is 17.9 Å². The molecule has 128 valence electrons. The molecule has 5 nitrogen and oxygen atoms in total. The predicted molar refractivity (Wildman–Crippen MR) is 91.3 cm³/mol. The van der Waals surface area contributed by atoms with Gasteiger partial charge in [0.05, 0.1) is 19.8 Å². The summed E-state index contributed by atoms with van der Waals surface area (Å²) < 4.78 is 29.6. The Labute approximate surface area is 144 Å². The van der Waals surface area contributed by atoms with E-state index in [-0.39, 0.29) is 17.2 Å². The largest absolute Gasteiger partial charge is 0.496 e. The van der Waals surface area contributed by atoms with Crippen molar-refractivity contribution in [3.8, 4) is 11.5 Å². The molecule has 3 rings (SSSR count). The molecule has 6 heteroatoms. The van der Waals surface area contributed by atoms with Gasteiger partial charge in [-0.3, -0.25) is 0 Å². The average molecular weight is 341 g/mol. The number of halogens is 1. The standard InChI is InChI=1S/C19H16FNO4/c1-11-8-17(24-3)12(10-16(11)23-2)9-15-19(22)25-18(21-15)13-6-4-5-7-14(13)20/h4-10H,1-3H3/b15-9+. The molecule has 0 fully saturated rings. The van der Waals surface area contributed by atoms with Crippen molar-refractivity contribution in [2.24, 2.45) is 4.99 Å². The number of nitrogens with zero attached hydrogens (tertiary/aromatic N) is 1. The molecule has 1 heterocycles. The lowest BCUT2D eigenvalue weighted by Gasteiger charge is -2.10. The number of esters is 1. The number of hydrogen-bond donors (Lipinski definition) is 0. The Hall–Kier alpha value is -3.15. The zero-order valence-electron chi connectivity index (χ0n) is 14.0. The van der Waals surface area contributed by atoms with Crippen LogP contribution in [-0.4, -0.2) is 26.1 Å². The lowest BCUT2D eigenvalue weighted by Crippen LogP contribution is -2.07. The van der Waals surface area contributed by atoms with E-state index in [1.807, 2.05) is 6.92 Å². The van der Waals surface area contributed by atoms with E-state index in [9.17, 15) is 9.18 Å². The number of methoxy groups -OCH3 is 2. The van der Waals surface area contributed by atoms with Gasteiger partial charge in [-0.05, 0) is 42.8 Å². The number of carbonyl (C=O) groups is 1. The Bertz CT molecular complexity index is 902. The van der Waals surface area contributed by atoms with Crippen molar-refractivity contribution in [2.75, 3.05) is 14.2 Å². The van der Waals surface area contributed by atoms with Gasteiger partial charge in [0.1, 0.15) is 17.3 Å². The lowest BCUT2D eigenvalue weighted by molar-refractivity contribution is -0.129. The molecule has 0 saturated carbocycles. The maximum atomic E-state index is 13.9. The highest BCUT2D eigenvalue weighted by molar-refractivity contribution is 6.13. The molecule has 0 atom stereocenters.